The zero-order valence-corrected chi connectivity index (χ0v) is 18.1. The molecule has 1 amide bonds. The van der Waals surface area contributed by atoms with Crippen LogP contribution in [0.3, 0.4) is 0 Å². The topological polar surface area (TPSA) is 50.8 Å². The molecule has 0 aliphatic carbocycles. The molecule has 0 aromatic heterocycles. The molecule has 0 aliphatic heterocycles. The Kier molecular flexibility index (Phi) is 9.83. The number of carbonyl (C=O) groups is 1. The van der Waals surface area contributed by atoms with E-state index >= 15 is 0 Å². The molecule has 0 spiro atoms. The second kappa shape index (κ2) is 11.6. The summed E-state index contributed by atoms with van der Waals surface area (Å²) in [6, 6.07) is 15.7. The number of benzene rings is 2. The second-order valence-corrected chi connectivity index (χ2v) is 7.04. The minimum absolute atomic E-state index is 0. The molecule has 2 rings (SSSR count). The van der Waals surface area contributed by atoms with Crippen LogP contribution >= 0.6 is 12.4 Å². The first-order chi connectivity index (χ1) is 12.9. The summed E-state index contributed by atoms with van der Waals surface area (Å²) in [5, 5.41) is 2.95. The van der Waals surface area contributed by atoms with E-state index in [-0.39, 0.29) is 31.0 Å². The summed E-state index contributed by atoms with van der Waals surface area (Å²) in [5.41, 5.74) is 2.29. The van der Waals surface area contributed by atoms with Crippen molar-refractivity contribution in [1.29, 1.82) is 0 Å². The van der Waals surface area contributed by atoms with Crippen LogP contribution in [0.5, 0.6) is 11.5 Å². The molecule has 0 radical (unpaired) electrons. The van der Waals surface area contributed by atoms with Crippen LogP contribution in [0.1, 0.15) is 36.9 Å². The van der Waals surface area contributed by atoms with E-state index in [2.05, 4.69) is 24.1 Å². The minimum atomic E-state index is -0.148. The summed E-state index contributed by atoms with van der Waals surface area (Å²) in [4.78, 5) is 14.3. The zero-order valence-electron chi connectivity index (χ0n) is 17.3. The summed E-state index contributed by atoms with van der Waals surface area (Å²) < 4.78 is 11.0. The highest BCUT2D eigenvalue weighted by atomic mass is 35.5. The first kappa shape index (κ1) is 23.8. The molecule has 1 atom stereocenters. The number of carbonyl (C=O) groups excluding carboxylic acids is 1. The Labute approximate surface area is 174 Å². The molecule has 1 N–H and O–H groups in total. The lowest BCUT2D eigenvalue weighted by atomic mass is 10.0. The van der Waals surface area contributed by atoms with Crippen molar-refractivity contribution >= 4 is 18.3 Å². The van der Waals surface area contributed by atoms with E-state index < -0.39 is 0 Å². The van der Waals surface area contributed by atoms with Crippen LogP contribution in [0, 0.1) is 0 Å². The van der Waals surface area contributed by atoms with E-state index in [9.17, 15) is 4.79 Å². The van der Waals surface area contributed by atoms with Gasteiger partial charge in [-0.05, 0) is 43.8 Å². The first-order valence-electron chi connectivity index (χ1n) is 9.21. The zero-order chi connectivity index (χ0) is 19.8. The molecule has 1 unspecified atom stereocenters. The molecular weight excluding hydrogens is 376 g/mol. The van der Waals surface area contributed by atoms with Gasteiger partial charge in [-0.15, -0.1) is 12.4 Å². The third kappa shape index (κ3) is 6.73. The van der Waals surface area contributed by atoms with Gasteiger partial charge in [0.2, 0.25) is 0 Å². The number of halogens is 1. The third-order valence-electron chi connectivity index (χ3n) is 4.53. The summed E-state index contributed by atoms with van der Waals surface area (Å²) in [5.74, 6) is 1.83. The van der Waals surface area contributed by atoms with Crippen LogP contribution < -0.4 is 14.8 Å². The highest BCUT2D eigenvalue weighted by Crippen LogP contribution is 2.27. The number of ether oxygens (including phenoxy) is 2. The summed E-state index contributed by atoms with van der Waals surface area (Å²) in [6.07, 6.45) is 0. The highest BCUT2D eigenvalue weighted by molar-refractivity contribution is 5.85. The molecule has 0 fully saturated rings. The molecule has 0 saturated carbocycles. The monoisotopic (exact) mass is 406 g/mol. The van der Waals surface area contributed by atoms with Crippen LogP contribution in [0.15, 0.2) is 48.5 Å². The van der Waals surface area contributed by atoms with E-state index in [1.807, 2.05) is 62.6 Å². The lowest BCUT2D eigenvalue weighted by molar-refractivity contribution is -0.123. The molecule has 0 saturated heterocycles. The summed E-state index contributed by atoms with van der Waals surface area (Å²) >= 11 is 0. The Morgan fingerprint density at radius 1 is 1.07 bits per heavy atom. The van der Waals surface area contributed by atoms with E-state index in [0.717, 1.165) is 11.3 Å². The van der Waals surface area contributed by atoms with Crippen LogP contribution in [-0.4, -0.2) is 45.2 Å². The Hall–Kier alpha value is -2.24. The van der Waals surface area contributed by atoms with Gasteiger partial charge in [0.05, 0.1) is 13.2 Å². The number of nitrogens with one attached hydrogen (secondary N) is 1. The van der Waals surface area contributed by atoms with Gasteiger partial charge in [0.25, 0.3) is 5.91 Å². The van der Waals surface area contributed by atoms with Gasteiger partial charge in [0, 0.05) is 12.1 Å². The maximum atomic E-state index is 12.2. The molecule has 0 bridgehead atoms. The largest absolute Gasteiger partial charge is 0.496 e. The van der Waals surface area contributed by atoms with Crippen molar-refractivity contribution in [2.45, 2.75) is 25.8 Å². The Balaban J connectivity index is 0.00000392. The molecule has 2 aromatic rings. The van der Waals surface area contributed by atoms with Crippen LogP contribution in [0.2, 0.25) is 0 Å². The number of hydrogen-bond acceptors (Lipinski definition) is 4. The van der Waals surface area contributed by atoms with Gasteiger partial charge in [0.15, 0.2) is 6.61 Å². The van der Waals surface area contributed by atoms with Crippen molar-refractivity contribution in [3.63, 3.8) is 0 Å². The molecular formula is C22H31ClN2O3. The molecule has 0 aliphatic rings. The van der Waals surface area contributed by atoms with Crippen molar-refractivity contribution in [3.05, 3.63) is 59.7 Å². The second-order valence-electron chi connectivity index (χ2n) is 7.04. The average molecular weight is 407 g/mol. The smallest absolute Gasteiger partial charge is 0.258 e. The molecule has 28 heavy (non-hydrogen) atoms. The fourth-order valence-electron chi connectivity index (χ4n) is 2.87. The van der Waals surface area contributed by atoms with Crippen molar-refractivity contribution < 1.29 is 14.3 Å². The molecule has 154 valence electrons. The number of hydrogen-bond donors (Lipinski definition) is 1. The van der Waals surface area contributed by atoms with E-state index in [4.69, 9.17) is 9.47 Å². The van der Waals surface area contributed by atoms with Gasteiger partial charge in [0.1, 0.15) is 11.5 Å². The van der Waals surface area contributed by atoms with Gasteiger partial charge < -0.3 is 19.7 Å². The highest BCUT2D eigenvalue weighted by Gasteiger charge is 2.19. The van der Waals surface area contributed by atoms with Crippen molar-refractivity contribution in [2.75, 3.05) is 34.4 Å². The van der Waals surface area contributed by atoms with Crippen molar-refractivity contribution in [1.82, 2.24) is 10.2 Å². The summed E-state index contributed by atoms with van der Waals surface area (Å²) in [6.45, 7) is 4.76. The average Bonchev–Trinajstić information content (AvgIpc) is 2.67. The number of methoxy groups -OCH3 is 1. The number of para-hydroxylation sites is 1. The SMILES string of the molecule is COc1ccccc1C(CNC(=O)COc1ccc(C(C)C)cc1)N(C)C.Cl. The lowest BCUT2D eigenvalue weighted by Crippen LogP contribution is -2.37. The predicted octanol–water partition coefficient (Wildman–Crippen LogP) is 4.04. The standard InChI is InChI=1S/C22H30N2O3.ClH/c1-16(2)17-10-12-18(13-11-17)27-15-22(25)23-14-20(24(3)4)19-8-6-7-9-21(19)26-5;/h6-13,16,20H,14-15H2,1-5H3,(H,23,25);1H. The van der Waals surface area contributed by atoms with Gasteiger partial charge in [-0.3, -0.25) is 4.79 Å². The van der Waals surface area contributed by atoms with Crippen LogP contribution in [0.25, 0.3) is 0 Å². The van der Waals surface area contributed by atoms with Crippen molar-refractivity contribution in [3.8, 4) is 11.5 Å². The fourth-order valence-corrected chi connectivity index (χ4v) is 2.87. The number of likely N-dealkylation sites (N-methyl/N-ethyl adjacent to an activating group) is 1. The predicted molar refractivity (Wildman–Crippen MR) is 116 cm³/mol. The maximum Gasteiger partial charge on any atom is 0.258 e. The first-order valence-corrected chi connectivity index (χ1v) is 9.21. The van der Waals surface area contributed by atoms with Gasteiger partial charge >= 0.3 is 0 Å². The van der Waals surface area contributed by atoms with Crippen LogP contribution in [-0.2, 0) is 4.79 Å². The molecule has 0 heterocycles. The van der Waals surface area contributed by atoms with Gasteiger partial charge in [-0.1, -0.05) is 44.2 Å². The van der Waals surface area contributed by atoms with Gasteiger partial charge in [-0.25, -0.2) is 0 Å². The minimum Gasteiger partial charge on any atom is -0.496 e. The Morgan fingerprint density at radius 2 is 1.71 bits per heavy atom. The number of rotatable bonds is 9. The molecule has 5 nitrogen and oxygen atoms in total. The van der Waals surface area contributed by atoms with Crippen LogP contribution in [0.4, 0.5) is 0 Å². The van der Waals surface area contributed by atoms with E-state index in [1.54, 1.807) is 7.11 Å². The fraction of sp³-hybridized carbons (Fsp3) is 0.409. The lowest BCUT2D eigenvalue weighted by Gasteiger charge is -2.26. The summed E-state index contributed by atoms with van der Waals surface area (Å²) in [7, 11) is 5.62. The molecule has 2 aromatic carbocycles. The number of nitrogens with zero attached hydrogens (tertiary/aromatic N) is 1. The molecule has 6 heteroatoms. The van der Waals surface area contributed by atoms with E-state index in [1.165, 1.54) is 5.56 Å². The quantitative estimate of drug-likeness (QED) is 0.682. The normalized spacial score (nSPS) is 11.7. The third-order valence-corrected chi connectivity index (χ3v) is 4.53. The Morgan fingerprint density at radius 3 is 2.29 bits per heavy atom. The number of amides is 1. The van der Waals surface area contributed by atoms with Crippen molar-refractivity contribution in [2.24, 2.45) is 0 Å². The van der Waals surface area contributed by atoms with E-state index in [0.29, 0.717) is 18.2 Å². The Bertz CT molecular complexity index is 733. The van der Waals surface area contributed by atoms with Gasteiger partial charge in [-0.2, -0.15) is 0 Å². The maximum absolute atomic E-state index is 12.2.